The van der Waals surface area contributed by atoms with E-state index in [0.717, 1.165) is 17.1 Å². The van der Waals surface area contributed by atoms with Crippen molar-refractivity contribution in [1.82, 2.24) is 4.98 Å². The van der Waals surface area contributed by atoms with Crippen LogP contribution in [-0.4, -0.2) is 25.0 Å². The molecule has 2 heterocycles. The molecule has 0 amide bonds. The first kappa shape index (κ1) is 27.3. The number of hydrogen-bond donors (Lipinski definition) is 0. The molecule has 0 bridgehead atoms. The molecule has 4 rings (SSSR count). The van der Waals surface area contributed by atoms with Crippen LogP contribution >= 0.6 is 0 Å². The second-order valence-corrected chi connectivity index (χ2v) is 11.2. The molecule has 0 saturated carbocycles. The Balaban J connectivity index is 0.000000275. The van der Waals surface area contributed by atoms with Gasteiger partial charge in [-0.1, -0.05) is 55.3 Å². The van der Waals surface area contributed by atoms with Gasteiger partial charge in [-0.3, -0.25) is 0 Å². The third-order valence-corrected chi connectivity index (χ3v) is 7.43. The zero-order valence-corrected chi connectivity index (χ0v) is 23.1. The molecule has 0 fully saturated rings. The molecule has 0 saturated heterocycles. The zero-order chi connectivity index (χ0) is 26.8. The number of allylic oxidation sites excluding steroid dienone is 3. The van der Waals surface area contributed by atoms with Gasteiger partial charge >= 0.3 is 5.82 Å². The summed E-state index contributed by atoms with van der Waals surface area (Å²) < 4.78 is 33.3. The largest absolute Gasteiger partial charge is 0.744 e. The van der Waals surface area contributed by atoms with Crippen molar-refractivity contribution < 1.29 is 17.5 Å². The van der Waals surface area contributed by atoms with Crippen LogP contribution in [-0.2, 0) is 22.6 Å². The van der Waals surface area contributed by atoms with Crippen LogP contribution in [0.2, 0.25) is 0 Å². The van der Waals surface area contributed by atoms with E-state index >= 15 is 0 Å². The van der Waals surface area contributed by atoms with Crippen LogP contribution in [0, 0.1) is 27.7 Å². The monoisotopic (exact) mass is 505 g/mol. The summed E-state index contributed by atoms with van der Waals surface area (Å²) in [6, 6.07) is 14.6. The van der Waals surface area contributed by atoms with Crippen molar-refractivity contribution in [3.05, 3.63) is 100 Å². The van der Waals surface area contributed by atoms with Crippen molar-refractivity contribution in [1.29, 1.82) is 0 Å². The first-order valence-corrected chi connectivity index (χ1v) is 13.2. The van der Waals surface area contributed by atoms with Gasteiger partial charge in [0.1, 0.15) is 15.8 Å². The van der Waals surface area contributed by atoms with Crippen molar-refractivity contribution in [3.8, 4) is 0 Å². The van der Waals surface area contributed by atoms with Gasteiger partial charge in [0.25, 0.3) is 0 Å². The maximum absolute atomic E-state index is 10.4. The van der Waals surface area contributed by atoms with Crippen LogP contribution in [0.3, 0.4) is 0 Å². The Hall–Kier alpha value is -3.29. The van der Waals surface area contributed by atoms with Crippen molar-refractivity contribution >= 4 is 21.9 Å². The van der Waals surface area contributed by atoms with E-state index in [1.54, 1.807) is 12.1 Å². The van der Waals surface area contributed by atoms with Gasteiger partial charge in [0.05, 0.1) is 11.9 Å². The highest BCUT2D eigenvalue weighted by Gasteiger charge is 2.38. The first-order chi connectivity index (χ1) is 16.7. The summed E-state index contributed by atoms with van der Waals surface area (Å²) in [5.74, 6) is 0.973. The van der Waals surface area contributed by atoms with Crippen LogP contribution in [0.4, 0.5) is 5.69 Å². The lowest BCUT2D eigenvalue weighted by molar-refractivity contribution is -0.682. The maximum Gasteiger partial charge on any atom is 0.323 e. The van der Waals surface area contributed by atoms with Crippen LogP contribution in [0.15, 0.2) is 71.3 Å². The number of benzene rings is 2. The number of rotatable bonds is 3. The zero-order valence-electron chi connectivity index (χ0n) is 22.3. The third kappa shape index (κ3) is 5.91. The average Bonchev–Trinajstić information content (AvgIpc) is 2.97. The number of aryl methyl sites for hydroxylation is 4. The molecule has 3 aromatic rings. The average molecular weight is 506 g/mol. The predicted octanol–water partition coefficient (Wildman–Crippen LogP) is 5.06. The summed E-state index contributed by atoms with van der Waals surface area (Å²) in [4.78, 5) is 6.76. The van der Waals surface area contributed by atoms with Gasteiger partial charge in [0.2, 0.25) is 0 Å². The highest BCUT2D eigenvalue weighted by atomic mass is 32.2. The van der Waals surface area contributed by atoms with Crippen molar-refractivity contribution in [3.63, 3.8) is 0 Å². The number of nitrogens with zero attached hydrogens (tertiary/aromatic N) is 3. The standard InChI is InChI=1S/C22H28N3.C7H8O3S/c1-15-11-12-19-18(13-15)22(4,5)20(25(19)7)9-8-10-21-23-16(2)14-17(3)24(21)6;1-6-2-4-7(5-3-6)11(8,9)10/h8-14H,1-7H3;2-5H,1H3,(H,8,9,10)/q+1;/p-1. The highest BCUT2D eigenvalue weighted by molar-refractivity contribution is 7.85. The Labute approximate surface area is 215 Å². The quantitative estimate of drug-likeness (QED) is 0.368. The van der Waals surface area contributed by atoms with E-state index < -0.39 is 10.1 Å². The molecule has 1 aromatic heterocycles. The van der Waals surface area contributed by atoms with Crippen LogP contribution in [0.1, 0.15) is 47.8 Å². The molecule has 7 heteroatoms. The summed E-state index contributed by atoms with van der Waals surface area (Å²) in [5.41, 5.74) is 8.48. The summed E-state index contributed by atoms with van der Waals surface area (Å²) in [7, 11) is -0.0647. The fourth-order valence-corrected chi connectivity index (χ4v) is 4.87. The first-order valence-electron chi connectivity index (χ1n) is 11.8. The van der Waals surface area contributed by atoms with Crippen LogP contribution in [0.25, 0.3) is 6.08 Å². The normalized spacial score (nSPS) is 15.7. The van der Waals surface area contributed by atoms with E-state index in [1.807, 2.05) is 13.8 Å². The minimum Gasteiger partial charge on any atom is -0.744 e. The molecule has 0 aliphatic carbocycles. The van der Waals surface area contributed by atoms with E-state index in [-0.39, 0.29) is 10.3 Å². The molecule has 0 radical (unpaired) electrons. The molecule has 0 N–H and O–H groups in total. The fraction of sp³-hybridized carbons (Fsp3) is 0.310. The number of aromatic nitrogens is 2. The van der Waals surface area contributed by atoms with Gasteiger partial charge in [-0.15, -0.1) is 0 Å². The predicted molar refractivity (Wildman–Crippen MR) is 144 cm³/mol. The van der Waals surface area contributed by atoms with Gasteiger partial charge < -0.3 is 9.45 Å². The topological polar surface area (TPSA) is 77.2 Å². The Morgan fingerprint density at radius 2 is 1.58 bits per heavy atom. The highest BCUT2D eigenvalue weighted by Crippen LogP contribution is 2.47. The molecule has 1 aliphatic heterocycles. The number of hydrogen-bond acceptors (Lipinski definition) is 5. The van der Waals surface area contributed by atoms with Crippen LogP contribution in [0.5, 0.6) is 0 Å². The second kappa shape index (κ2) is 10.4. The summed E-state index contributed by atoms with van der Waals surface area (Å²) in [6.45, 7) is 12.7. The molecule has 1 aliphatic rings. The number of fused-ring (bicyclic) bond motifs is 1. The van der Waals surface area contributed by atoms with Crippen LogP contribution < -0.4 is 9.47 Å². The van der Waals surface area contributed by atoms with E-state index in [1.165, 1.54) is 40.3 Å². The molecule has 36 heavy (non-hydrogen) atoms. The van der Waals surface area contributed by atoms with Gasteiger partial charge in [-0.2, -0.15) is 0 Å². The minimum atomic E-state index is -4.27. The number of likely N-dealkylation sites (N-methyl/N-ethyl adjacent to an activating group) is 1. The summed E-state index contributed by atoms with van der Waals surface area (Å²) in [5, 5.41) is 0. The second-order valence-electron chi connectivity index (χ2n) is 9.84. The van der Waals surface area contributed by atoms with Crippen molar-refractivity contribution in [2.45, 2.75) is 51.9 Å². The van der Waals surface area contributed by atoms with Gasteiger partial charge in [-0.05, 0) is 55.6 Å². The molecule has 6 nitrogen and oxygen atoms in total. The van der Waals surface area contributed by atoms with E-state index in [0.29, 0.717) is 0 Å². The van der Waals surface area contributed by atoms with Gasteiger partial charge in [0, 0.05) is 42.9 Å². The lowest BCUT2D eigenvalue weighted by atomic mass is 9.83. The Morgan fingerprint density at radius 3 is 2.19 bits per heavy atom. The summed E-state index contributed by atoms with van der Waals surface area (Å²) >= 11 is 0. The molecule has 0 unspecified atom stereocenters. The van der Waals surface area contributed by atoms with E-state index in [9.17, 15) is 13.0 Å². The lowest BCUT2D eigenvalue weighted by Crippen LogP contribution is -2.36. The SMILES string of the molecule is Cc1ccc(S(=O)(=O)[O-])cc1.Cc1ccc2c(c1)C(C)(C)C(=CC=Cc1nc(C)cc(C)[n+]1C)N2C. The van der Waals surface area contributed by atoms with E-state index in [2.05, 4.69) is 98.7 Å². The minimum absolute atomic E-state index is 0.00141. The molecular formula is C29H35N3O3S. The Bertz CT molecular complexity index is 1440. The molecular weight excluding hydrogens is 470 g/mol. The smallest absolute Gasteiger partial charge is 0.323 e. The van der Waals surface area contributed by atoms with Gasteiger partial charge in [-0.25, -0.2) is 13.0 Å². The molecule has 0 spiro atoms. The lowest BCUT2D eigenvalue weighted by Gasteiger charge is -2.23. The fourth-order valence-electron chi connectivity index (χ4n) is 4.40. The third-order valence-electron chi connectivity index (χ3n) is 6.58. The molecule has 2 aromatic carbocycles. The van der Waals surface area contributed by atoms with Crippen molar-refractivity contribution in [2.75, 3.05) is 11.9 Å². The Morgan fingerprint density at radius 1 is 0.972 bits per heavy atom. The Kier molecular flexibility index (Phi) is 7.86. The molecule has 0 atom stereocenters. The van der Waals surface area contributed by atoms with E-state index in [4.69, 9.17) is 0 Å². The number of anilines is 1. The van der Waals surface area contributed by atoms with Crippen molar-refractivity contribution in [2.24, 2.45) is 7.05 Å². The molecule has 190 valence electrons. The summed E-state index contributed by atoms with van der Waals surface area (Å²) in [6.07, 6.45) is 6.42. The maximum atomic E-state index is 10.4. The van der Waals surface area contributed by atoms with Gasteiger partial charge in [0.15, 0.2) is 5.69 Å².